The molecule has 0 amide bonds. The lowest BCUT2D eigenvalue weighted by Gasteiger charge is -2.24. The summed E-state index contributed by atoms with van der Waals surface area (Å²) < 4.78 is 0. The fourth-order valence-corrected chi connectivity index (χ4v) is 1.80. The summed E-state index contributed by atoms with van der Waals surface area (Å²) in [5.41, 5.74) is 0.776. The Labute approximate surface area is 96.0 Å². The lowest BCUT2D eigenvalue weighted by Crippen LogP contribution is -2.36. The van der Waals surface area contributed by atoms with Gasteiger partial charge in [0.25, 0.3) is 0 Å². The molecule has 3 nitrogen and oxygen atoms in total. The Bertz CT molecular complexity index is 400. The standard InChI is InChI=1S/C13H16N2O/c1-11(15-9-8-14(2)10-15)13(16)12-6-4-3-5-7-12/h3-9,11H,10H2,1-2H3. The van der Waals surface area contributed by atoms with E-state index in [0.29, 0.717) is 0 Å². The van der Waals surface area contributed by atoms with Crippen LogP contribution in [0.25, 0.3) is 0 Å². The normalized spacial score (nSPS) is 16.6. The average molecular weight is 216 g/mol. The smallest absolute Gasteiger partial charge is 0.184 e. The number of nitrogens with zero attached hydrogens (tertiary/aromatic N) is 2. The van der Waals surface area contributed by atoms with E-state index >= 15 is 0 Å². The molecule has 0 radical (unpaired) electrons. The van der Waals surface area contributed by atoms with Crippen LogP contribution < -0.4 is 0 Å². The molecule has 2 rings (SSSR count). The van der Waals surface area contributed by atoms with Gasteiger partial charge in [-0.15, -0.1) is 0 Å². The molecular weight excluding hydrogens is 200 g/mol. The summed E-state index contributed by atoms with van der Waals surface area (Å²) in [5.74, 6) is 0.167. The third kappa shape index (κ3) is 2.08. The maximum absolute atomic E-state index is 12.1. The minimum absolute atomic E-state index is 0.108. The lowest BCUT2D eigenvalue weighted by atomic mass is 10.1. The quantitative estimate of drug-likeness (QED) is 0.721. The molecule has 3 heteroatoms. The Kier molecular flexibility index (Phi) is 2.95. The Morgan fingerprint density at radius 2 is 1.94 bits per heavy atom. The predicted octanol–water partition coefficient (Wildman–Crippen LogP) is 1.93. The molecule has 84 valence electrons. The van der Waals surface area contributed by atoms with Crippen LogP contribution in [0.3, 0.4) is 0 Å². The number of hydrogen-bond donors (Lipinski definition) is 0. The van der Waals surface area contributed by atoms with Gasteiger partial charge in [-0.1, -0.05) is 30.3 Å². The fraction of sp³-hybridized carbons (Fsp3) is 0.308. The van der Waals surface area contributed by atoms with E-state index in [-0.39, 0.29) is 11.8 Å². The first kappa shape index (κ1) is 10.7. The zero-order valence-corrected chi connectivity index (χ0v) is 9.63. The highest BCUT2D eigenvalue weighted by molar-refractivity contribution is 5.99. The Hall–Kier alpha value is -1.77. The van der Waals surface area contributed by atoms with Crippen LogP contribution in [0.15, 0.2) is 42.7 Å². The number of Topliss-reactive ketones (excluding diaryl/α,β-unsaturated/α-hetero) is 1. The van der Waals surface area contributed by atoms with E-state index in [1.54, 1.807) is 0 Å². The van der Waals surface area contributed by atoms with Gasteiger partial charge in [0, 0.05) is 25.0 Å². The van der Waals surface area contributed by atoms with Gasteiger partial charge in [0.1, 0.15) is 0 Å². The summed E-state index contributed by atoms with van der Waals surface area (Å²) in [5, 5.41) is 0. The van der Waals surface area contributed by atoms with Gasteiger partial charge in [0.05, 0.1) is 12.7 Å². The molecule has 0 spiro atoms. The number of benzene rings is 1. The lowest BCUT2D eigenvalue weighted by molar-refractivity contribution is 0.0873. The molecule has 1 aromatic carbocycles. The van der Waals surface area contributed by atoms with Crippen molar-refractivity contribution >= 4 is 5.78 Å². The first-order chi connectivity index (χ1) is 7.68. The summed E-state index contributed by atoms with van der Waals surface area (Å²) in [6, 6.07) is 9.33. The van der Waals surface area contributed by atoms with Gasteiger partial charge in [-0.3, -0.25) is 4.79 Å². The summed E-state index contributed by atoms with van der Waals surface area (Å²) in [6.45, 7) is 2.72. The molecule has 0 saturated carbocycles. The van der Waals surface area contributed by atoms with Gasteiger partial charge >= 0.3 is 0 Å². The molecular formula is C13H16N2O. The van der Waals surface area contributed by atoms with Gasteiger partial charge in [-0.05, 0) is 6.92 Å². The van der Waals surface area contributed by atoms with Gasteiger partial charge in [-0.2, -0.15) is 0 Å². The van der Waals surface area contributed by atoms with Gasteiger partial charge < -0.3 is 9.80 Å². The molecule has 1 atom stereocenters. The van der Waals surface area contributed by atoms with Crippen molar-refractivity contribution in [3.05, 3.63) is 48.3 Å². The molecule has 1 aliphatic heterocycles. The third-order valence-corrected chi connectivity index (χ3v) is 2.83. The van der Waals surface area contributed by atoms with Crippen molar-refractivity contribution in [1.29, 1.82) is 0 Å². The van der Waals surface area contributed by atoms with Crippen molar-refractivity contribution in [3.63, 3.8) is 0 Å². The third-order valence-electron chi connectivity index (χ3n) is 2.83. The summed E-state index contributed by atoms with van der Waals surface area (Å²) in [7, 11) is 2.00. The molecule has 0 fully saturated rings. The average Bonchev–Trinajstić information content (AvgIpc) is 2.75. The molecule has 1 aliphatic rings. The van der Waals surface area contributed by atoms with Crippen molar-refractivity contribution in [2.45, 2.75) is 13.0 Å². The highest BCUT2D eigenvalue weighted by Crippen LogP contribution is 2.13. The molecule has 0 N–H and O–H groups in total. The molecule has 0 saturated heterocycles. The molecule has 16 heavy (non-hydrogen) atoms. The second-order valence-corrected chi connectivity index (χ2v) is 4.12. The zero-order valence-electron chi connectivity index (χ0n) is 9.63. The van der Waals surface area contributed by atoms with Gasteiger partial charge in [-0.25, -0.2) is 0 Å². The number of rotatable bonds is 3. The number of ketones is 1. The van der Waals surface area contributed by atoms with Gasteiger partial charge in [0.2, 0.25) is 0 Å². The Balaban J connectivity index is 2.08. The van der Waals surface area contributed by atoms with E-state index in [0.717, 1.165) is 12.2 Å². The molecule has 1 heterocycles. The maximum atomic E-state index is 12.1. The van der Waals surface area contributed by atoms with E-state index < -0.39 is 0 Å². The molecule has 1 unspecified atom stereocenters. The molecule has 0 aromatic heterocycles. The zero-order chi connectivity index (χ0) is 11.5. The van der Waals surface area contributed by atoms with E-state index in [1.165, 1.54) is 0 Å². The first-order valence-corrected chi connectivity index (χ1v) is 5.42. The van der Waals surface area contributed by atoms with Crippen LogP contribution in [0.2, 0.25) is 0 Å². The van der Waals surface area contributed by atoms with Crippen LogP contribution in [0, 0.1) is 0 Å². The van der Waals surface area contributed by atoms with Crippen molar-refractivity contribution < 1.29 is 4.79 Å². The Morgan fingerprint density at radius 1 is 1.25 bits per heavy atom. The SMILES string of the molecule is CC(C(=O)c1ccccc1)N1C=CN(C)C1. The number of carbonyl (C=O) groups is 1. The Morgan fingerprint density at radius 3 is 2.50 bits per heavy atom. The highest BCUT2D eigenvalue weighted by atomic mass is 16.1. The van der Waals surface area contributed by atoms with Crippen LogP contribution >= 0.6 is 0 Å². The second kappa shape index (κ2) is 4.39. The second-order valence-electron chi connectivity index (χ2n) is 4.12. The topological polar surface area (TPSA) is 23.6 Å². The molecule has 1 aromatic rings. The number of carbonyl (C=O) groups excluding carboxylic acids is 1. The van der Waals surface area contributed by atoms with Crippen LogP contribution in [0.1, 0.15) is 17.3 Å². The fourth-order valence-electron chi connectivity index (χ4n) is 1.80. The van der Waals surface area contributed by atoms with E-state index in [4.69, 9.17) is 0 Å². The highest BCUT2D eigenvalue weighted by Gasteiger charge is 2.22. The minimum Gasteiger partial charge on any atom is -0.362 e. The van der Waals surface area contributed by atoms with Crippen LogP contribution in [0.4, 0.5) is 0 Å². The molecule has 0 aliphatic carbocycles. The van der Waals surface area contributed by atoms with Crippen molar-refractivity contribution in [3.8, 4) is 0 Å². The van der Waals surface area contributed by atoms with E-state index in [9.17, 15) is 4.79 Å². The van der Waals surface area contributed by atoms with Crippen molar-refractivity contribution in [1.82, 2.24) is 9.80 Å². The predicted molar refractivity (Wildman–Crippen MR) is 63.8 cm³/mol. The van der Waals surface area contributed by atoms with Crippen LogP contribution in [-0.2, 0) is 0 Å². The van der Waals surface area contributed by atoms with Crippen LogP contribution in [-0.4, -0.2) is 35.3 Å². The number of hydrogen-bond acceptors (Lipinski definition) is 3. The van der Waals surface area contributed by atoms with Crippen molar-refractivity contribution in [2.24, 2.45) is 0 Å². The first-order valence-electron chi connectivity index (χ1n) is 5.42. The summed E-state index contributed by atoms with van der Waals surface area (Å²) >= 11 is 0. The maximum Gasteiger partial charge on any atom is 0.184 e. The van der Waals surface area contributed by atoms with Crippen molar-refractivity contribution in [2.75, 3.05) is 13.7 Å². The van der Waals surface area contributed by atoms with Crippen LogP contribution in [0.5, 0.6) is 0 Å². The summed E-state index contributed by atoms with van der Waals surface area (Å²) in [6.07, 6.45) is 3.94. The summed E-state index contributed by atoms with van der Waals surface area (Å²) in [4.78, 5) is 16.2. The molecule has 0 bridgehead atoms. The van der Waals surface area contributed by atoms with E-state index in [1.807, 2.05) is 61.6 Å². The largest absolute Gasteiger partial charge is 0.362 e. The minimum atomic E-state index is -0.108. The van der Waals surface area contributed by atoms with Gasteiger partial charge in [0.15, 0.2) is 5.78 Å². The monoisotopic (exact) mass is 216 g/mol. The van der Waals surface area contributed by atoms with E-state index in [2.05, 4.69) is 4.90 Å².